The fourth-order valence-corrected chi connectivity index (χ4v) is 10.0. The van der Waals surface area contributed by atoms with Crippen LogP contribution in [0.4, 0.5) is 0 Å². The van der Waals surface area contributed by atoms with Crippen molar-refractivity contribution in [1.82, 2.24) is 5.06 Å². The molecule has 9 heteroatoms. The highest BCUT2D eigenvalue weighted by Crippen LogP contribution is 2.69. The predicted octanol–water partition coefficient (Wildman–Crippen LogP) is 2.69. The number of nitrogens with zero attached hydrogens (tertiary/aromatic N) is 1. The summed E-state index contributed by atoms with van der Waals surface area (Å²) >= 11 is 0. The summed E-state index contributed by atoms with van der Waals surface area (Å²) in [5, 5.41) is 45.4. The molecular formula is C31H49NO8. The summed E-state index contributed by atoms with van der Waals surface area (Å²) < 4.78 is 11.1. The Morgan fingerprint density at radius 3 is 2.50 bits per heavy atom. The van der Waals surface area contributed by atoms with Gasteiger partial charge in [0.05, 0.1) is 18.3 Å². The second-order valence-corrected chi connectivity index (χ2v) is 14.7. The minimum atomic E-state index is -1.28. The van der Waals surface area contributed by atoms with E-state index in [1.165, 1.54) is 0 Å². The average molecular weight is 564 g/mol. The molecule has 0 aromatic carbocycles. The molecule has 5 fully saturated rings. The molecule has 4 saturated carbocycles. The van der Waals surface area contributed by atoms with Crippen LogP contribution < -0.4 is 0 Å². The van der Waals surface area contributed by atoms with Gasteiger partial charge in [0.2, 0.25) is 0 Å². The first-order valence-corrected chi connectivity index (χ1v) is 15.6. The highest BCUT2D eigenvalue weighted by atomic mass is 16.7. The van der Waals surface area contributed by atoms with Crippen LogP contribution in [0.1, 0.15) is 85.5 Å². The third-order valence-electron chi connectivity index (χ3n) is 12.2. The van der Waals surface area contributed by atoms with E-state index in [1.54, 1.807) is 11.1 Å². The number of esters is 1. The maximum Gasteiger partial charge on any atom is 0.331 e. The summed E-state index contributed by atoms with van der Waals surface area (Å²) in [6, 6.07) is 0.0266. The van der Waals surface area contributed by atoms with Crippen molar-refractivity contribution < 1.29 is 39.5 Å². The van der Waals surface area contributed by atoms with Crippen LogP contribution in [0.2, 0.25) is 0 Å². The van der Waals surface area contributed by atoms with Crippen LogP contribution in [-0.2, 0) is 19.1 Å². The first-order valence-electron chi connectivity index (χ1n) is 15.6. The van der Waals surface area contributed by atoms with E-state index in [0.717, 1.165) is 63.4 Å². The highest BCUT2D eigenvalue weighted by Gasteiger charge is 2.66. The molecule has 12 atom stereocenters. The van der Waals surface area contributed by atoms with Crippen molar-refractivity contribution in [1.29, 1.82) is 0 Å². The van der Waals surface area contributed by atoms with E-state index in [2.05, 4.69) is 13.8 Å². The van der Waals surface area contributed by atoms with E-state index in [4.69, 9.17) is 14.3 Å². The number of aliphatic hydroxyl groups excluding tert-OH is 3. The van der Waals surface area contributed by atoms with Crippen molar-refractivity contribution in [3.63, 3.8) is 0 Å². The molecule has 0 bridgehead atoms. The Hall–Kier alpha value is -1.07. The summed E-state index contributed by atoms with van der Waals surface area (Å²) in [7, 11) is 0. The first kappa shape index (κ1) is 29.0. The highest BCUT2D eigenvalue weighted by molar-refractivity contribution is 5.85. The Labute approximate surface area is 237 Å². The Morgan fingerprint density at radius 1 is 1.02 bits per heavy atom. The number of carbonyl (C=O) groups excluding carboxylic acids is 1. The van der Waals surface area contributed by atoms with Gasteiger partial charge in [-0.25, -0.2) is 4.79 Å². The van der Waals surface area contributed by atoms with Gasteiger partial charge in [-0.1, -0.05) is 13.8 Å². The van der Waals surface area contributed by atoms with Gasteiger partial charge in [0.15, 0.2) is 6.23 Å². The molecule has 1 saturated heterocycles. The molecule has 40 heavy (non-hydrogen) atoms. The molecule has 0 amide bonds. The van der Waals surface area contributed by atoms with Gasteiger partial charge >= 0.3 is 5.97 Å². The van der Waals surface area contributed by atoms with Crippen molar-refractivity contribution in [2.75, 3.05) is 13.2 Å². The number of fused-ring (bicyclic) bond motifs is 5. The van der Waals surface area contributed by atoms with Crippen molar-refractivity contribution in [2.24, 2.45) is 34.5 Å². The number of hydrogen-bond donors (Lipinski definition) is 4. The zero-order chi connectivity index (χ0) is 28.6. The number of hydrogen-bond acceptors (Lipinski definition) is 9. The summed E-state index contributed by atoms with van der Waals surface area (Å²) in [6.07, 6.45) is 5.59. The molecule has 2 aliphatic heterocycles. The molecule has 4 N–H and O–H groups in total. The van der Waals surface area contributed by atoms with Gasteiger partial charge < -0.3 is 29.9 Å². The van der Waals surface area contributed by atoms with E-state index in [-0.39, 0.29) is 47.4 Å². The second-order valence-electron chi connectivity index (χ2n) is 14.7. The molecular weight excluding hydrogens is 514 g/mol. The predicted molar refractivity (Wildman–Crippen MR) is 145 cm³/mol. The SMILES string of the molecule is CC(C)ON([C@H]1CC[C@@]2(C)C(CCC3C2CC[C@]2(C)C[C@@H](C4=CC(=O)OC4)C[C@]32O)C1)[C@H]1OC[C@H](O)[C@@H](O)[C@@H]1O. The fraction of sp³-hybridized carbons (Fsp3) is 0.903. The van der Waals surface area contributed by atoms with Gasteiger partial charge in [0, 0.05) is 12.1 Å². The zero-order valence-corrected chi connectivity index (χ0v) is 24.5. The first-order chi connectivity index (χ1) is 18.9. The van der Waals surface area contributed by atoms with E-state index >= 15 is 0 Å². The average Bonchev–Trinajstić information content (AvgIpc) is 3.46. The lowest BCUT2D eigenvalue weighted by atomic mass is 9.44. The lowest BCUT2D eigenvalue weighted by Gasteiger charge is -2.63. The minimum Gasteiger partial charge on any atom is -0.458 e. The molecule has 3 unspecified atom stereocenters. The van der Waals surface area contributed by atoms with Crippen LogP contribution >= 0.6 is 0 Å². The third kappa shape index (κ3) is 4.50. The van der Waals surface area contributed by atoms with Gasteiger partial charge in [-0.15, -0.1) is 0 Å². The van der Waals surface area contributed by atoms with Gasteiger partial charge in [0.1, 0.15) is 24.9 Å². The number of hydroxylamine groups is 2. The van der Waals surface area contributed by atoms with Gasteiger partial charge in [0.25, 0.3) is 0 Å². The van der Waals surface area contributed by atoms with Crippen molar-refractivity contribution >= 4 is 5.97 Å². The maximum atomic E-state index is 12.5. The van der Waals surface area contributed by atoms with Crippen molar-refractivity contribution in [2.45, 2.75) is 128 Å². The van der Waals surface area contributed by atoms with Crippen LogP contribution in [0, 0.1) is 34.5 Å². The van der Waals surface area contributed by atoms with Gasteiger partial charge in [-0.05, 0) is 112 Å². The number of aliphatic hydroxyl groups is 4. The lowest BCUT2D eigenvalue weighted by Crippen LogP contribution is -2.64. The van der Waals surface area contributed by atoms with Crippen molar-refractivity contribution in [3.8, 4) is 0 Å². The molecule has 0 aromatic rings. The monoisotopic (exact) mass is 563 g/mol. The fourth-order valence-electron chi connectivity index (χ4n) is 10.0. The quantitative estimate of drug-likeness (QED) is 0.295. The van der Waals surface area contributed by atoms with Crippen LogP contribution in [0.3, 0.4) is 0 Å². The number of rotatable bonds is 5. The van der Waals surface area contributed by atoms with Gasteiger partial charge in [-0.2, -0.15) is 5.06 Å². The van der Waals surface area contributed by atoms with E-state index in [9.17, 15) is 25.2 Å². The van der Waals surface area contributed by atoms with Gasteiger partial charge in [-0.3, -0.25) is 4.84 Å². The normalized spacial score (nSPS) is 50.8. The molecule has 9 nitrogen and oxygen atoms in total. The number of cyclic esters (lactones) is 1. The Balaban J connectivity index is 1.20. The smallest absolute Gasteiger partial charge is 0.331 e. The van der Waals surface area contributed by atoms with E-state index < -0.39 is 30.1 Å². The molecule has 0 radical (unpaired) electrons. The molecule has 0 aromatic heterocycles. The Morgan fingerprint density at radius 2 is 1.80 bits per heavy atom. The van der Waals surface area contributed by atoms with Crippen LogP contribution in [0.5, 0.6) is 0 Å². The molecule has 226 valence electrons. The largest absolute Gasteiger partial charge is 0.458 e. The topological polar surface area (TPSA) is 129 Å². The molecule has 6 aliphatic rings. The summed E-state index contributed by atoms with van der Waals surface area (Å²) in [5.41, 5.74) is 0.279. The number of ether oxygens (including phenoxy) is 2. The van der Waals surface area contributed by atoms with Crippen LogP contribution in [0.15, 0.2) is 11.6 Å². The second kappa shape index (κ2) is 10.3. The molecule has 6 rings (SSSR count). The zero-order valence-electron chi connectivity index (χ0n) is 24.5. The summed E-state index contributed by atoms with van der Waals surface area (Å²) in [6.45, 7) is 8.93. The number of carbonyl (C=O) groups is 1. The third-order valence-corrected chi connectivity index (χ3v) is 12.2. The molecule has 4 aliphatic carbocycles. The minimum absolute atomic E-state index is 0.0266. The van der Waals surface area contributed by atoms with Crippen LogP contribution in [0.25, 0.3) is 0 Å². The summed E-state index contributed by atoms with van der Waals surface area (Å²) in [5.74, 6) is 1.09. The lowest BCUT2D eigenvalue weighted by molar-refractivity contribution is -0.345. The molecule has 2 heterocycles. The summed E-state index contributed by atoms with van der Waals surface area (Å²) in [4.78, 5) is 18.0. The standard InChI is InChI=1S/C31H49NO8/c1-17(2)40-32(28-27(36)26(35)24(33)16-39-28)21-7-10-30(4)20(12-21)5-6-23-22(30)8-9-29(3)13-19(14-31(23,29)37)18-11-25(34)38-15-18/h11,17,19-24,26-28,33,35-37H,5-10,12-16H2,1-4H3/t19-,20?,21+,22?,23?,24+,26-,27+,28+,29-,30+,31+/m1/s1. The maximum absolute atomic E-state index is 12.5. The van der Waals surface area contributed by atoms with Crippen molar-refractivity contribution in [3.05, 3.63) is 11.6 Å². The van der Waals surface area contributed by atoms with E-state index in [1.807, 2.05) is 13.8 Å². The Kier molecular flexibility index (Phi) is 7.46. The van der Waals surface area contributed by atoms with Crippen LogP contribution in [-0.4, -0.2) is 87.0 Å². The van der Waals surface area contributed by atoms with E-state index in [0.29, 0.717) is 18.4 Å². The molecule has 0 spiro atoms. The Bertz CT molecular complexity index is 1020.